The van der Waals surface area contributed by atoms with Gasteiger partial charge in [0.05, 0.1) is 19.3 Å². The predicted molar refractivity (Wildman–Crippen MR) is 70.5 cm³/mol. The summed E-state index contributed by atoms with van der Waals surface area (Å²) in [6, 6.07) is 3.79. The van der Waals surface area contributed by atoms with Gasteiger partial charge in [-0.1, -0.05) is 6.07 Å². The molecule has 0 bridgehead atoms. The van der Waals surface area contributed by atoms with Crippen LogP contribution >= 0.6 is 0 Å². The lowest BCUT2D eigenvalue weighted by Gasteiger charge is -2.27. The van der Waals surface area contributed by atoms with Gasteiger partial charge in [0, 0.05) is 19.6 Å². The number of carbonyl (C=O) groups is 1. The molecule has 0 aromatic heterocycles. The molecule has 20 heavy (non-hydrogen) atoms. The maximum atomic E-state index is 11.8. The van der Waals surface area contributed by atoms with Gasteiger partial charge in [-0.25, -0.2) is 4.79 Å². The zero-order chi connectivity index (χ0) is 14.5. The largest absolute Gasteiger partial charge is 0.504 e. The number of phenols is 2. The molecule has 1 aliphatic heterocycles. The van der Waals surface area contributed by atoms with E-state index in [1.807, 2.05) is 0 Å². The van der Waals surface area contributed by atoms with Gasteiger partial charge in [0.25, 0.3) is 0 Å². The summed E-state index contributed by atoms with van der Waals surface area (Å²) in [6.07, 6.45) is -0.952. The number of aliphatic hydroxyl groups excluding tert-OH is 1. The van der Waals surface area contributed by atoms with Crippen molar-refractivity contribution in [3.63, 3.8) is 0 Å². The van der Waals surface area contributed by atoms with Crippen molar-refractivity contribution in [3.8, 4) is 11.5 Å². The summed E-state index contributed by atoms with van der Waals surface area (Å²) in [6.45, 7) is 2.12. The maximum absolute atomic E-state index is 11.8. The number of morpholine rings is 1. The van der Waals surface area contributed by atoms with Crippen LogP contribution in [0.25, 0.3) is 0 Å². The van der Waals surface area contributed by atoms with Crippen LogP contribution in [0.15, 0.2) is 18.2 Å². The van der Waals surface area contributed by atoms with E-state index in [0.29, 0.717) is 31.9 Å². The van der Waals surface area contributed by atoms with E-state index in [2.05, 4.69) is 5.32 Å². The van der Waals surface area contributed by atoms with E-state index in [-0.39, 0.29) is 24.1 Å². The summed E-state index contributed by atoms with van der Waals surface area (Å²) < 4.78 is 5.15. The van der Waals surface area contributed by atoms with Gasteiger partial charge in [-0.2, -0.15) is 0 Å². The Bertz CT molecular complexity index is 474. The Kier molecular flexibility index (Phi) is 4.65. The van der Waals surface area contributed by atoms with Gasteiger partial charge in [-0.3, -0.25) is 0 Å². The third-order valence-corrected chi connectivity index (χ3v) is 3.13. The Morgan fingerprint density at radius 1 is 1.30 bits per heavy atom. The van der Waals surface area contributed by atoms with Gasteiger partial charge in [0.2, 0.25) is 0 Å². The highest BCUT2D eigenvalue weighted by atomic mass is 16.5. The molecule has 1 saturated heterocycles. The van der Waals surface area contributed by atoms with Gasteiger partial charge in [-0.15, -0.1) is 0 Å². The van der Waals surface area contributed by atoms with Crippen molar-refractivity contribution in [1.29, 1.82) is 0 Å². The average Bonchev–Trinajstić information content (AvgIpc) is 2.48. The van der Waals surface area contributed by atoms with Crippen molar-refractivity contribution in [2.75, 3.05) is 32.8 Å². The zero-order valence-corrected chi connectivity index (χ0v) is 11.0. The van der Waals surface area contributed by atoms with Crippen LogP contribution in [-0.2, 0) is 4.74 Å². The molecule has 1 aromatic carbocycles. The number of amides is 2. The molecular formula is C13H18N2O5. The number of nitrogens with one attached hydrogen (secondary N) is 1. The molecule has 0 saturated carbocycles. The predicted octanol–water partition coefficient (Wildman–Crippen LogP) is 0.173. The first-order valence-corrected chi connectivity index (χ1v) is 6.38. The Hall–Kier alpha value is -1.99. The molecule has 2 amide bonds. The van der Waals surface area contributed by atoms with E-state index in [4.69, 9.17) is 4.74 Å². The molecule has 1 heterocycles. The Labute approximate surface area is 116 Å². The first kappa shape index (κ1) is 14.4. The van der Waals surface area contributed by atoms with Crippen molar-refractivity contribution in [2.45, 2.75) is 6.10 Å². The van der Waals surface area contributed by atoms with Gasteiger partial charge in [0.1, 0.15) is 0 Å². The Morgan fingerprint density at radius 2 is 2.00 bits per heavy atom. The summed E-state index contributed by atoms with van der Waals surface area (Å²) in [5.74, 6) is -0.556. The molecule has 7 nitrogen and oxygen atoms in total. The van der Waals surface area contributed by atoms with Crippen LogP contribution < -0.4 is 5.32 Å². The third-order valence-electron chi connectivity index (χ3n) is 3.13. The minimum atomic E-state index is -0.952. The zero-order valence-electron chi connectivity index (χ0n) is 11.0. The number of aliphatic hydroxyl groups is 1. The molecule has 2 rings (SSSR count). The normalized spacial score (nSPS) is 16.8. The second-order valence-electron chi connectivity index (χ2n) is 4.55. The van der Waals surface area contributed by atoms with Crippen LogP contribution in [0, 0.1) is 0 Å². The van der Waals surface area contributed by atoms with Crippen LogP contribution in [0.1, 0.15) is 11.7 Å². The first-order chi connectivity index (χ1) is 9.58. The molecule has 7 heteroatoms. The molecule has 0 spiro atoms. The number of carbonyl (C=O) groups excluding carboxylic acids is 1. The van der Waals surface area contributed by atoms with Crippen LogP contribution in [0.5, 0.6) is 11.5 Å². The second kappa shape index (κ2) is 6.44. The molecule has 0 radical (unpaired) electrons. The highest BCUT2D eigenvalue weighted by Crippen LogP contribution is 2.27. The van der Waals surface area contributed by atoms with Gasteiger partial charge in [0.15, 0.2) is 11.5 Å². The number of urea groups is 1. The molecule has 0 aliphatic carbocycles. The van der Waals surface area contributed by atoms with Crippen molar-refractivity contribution >= 4 is 6.03 Å². The standard InChI is InChI=1S/C13H18N2O5/c16-10-2-1-9(7-11(10)17)12(18)8-14-13(19)15-3-5-20-6-4-15/h1-2,7,12,16-18H,3-6,8H2,(H,14,19)/t12-/m0/s1. The van der Waals surface area contributed by atoms with Crippen molar-refractivity contribution in [1.82, 2.24) is 10.2 Å². The molecule has 110 valence electrons. The fourth-order valence-corrected chi connectivity index (χ4v) is 1.93. The average molecular weight is 282 g/mol. The highest BCUT2D eigenvalue weighted by molar-refractivity contribution is 5.74. The lowest BCUT2D eigenvalue weighted by molar-refractivity contribution is 0.0521. The number of aromatic hydroxyl groups is 2. The molecule has 1 aliphatic rings. The smallest absolute Gasteiger partial charge is 0.317 e. The topological polar surface area (TPSA) is 102 Å². The van der Waals surface area contributed by atoms with Crippen molar-refractivity contribution < 1.29 is 24.9 Å². The minimum Gasteiger partial charge on any atom is -0.504 e. The summed E-state index contributed by atoms with van der Waals surface area (Å²) in [7, 11) is 0. The number of rotatable bonds is 3. The van der Waals surface area contributed by atoms with E-state index in [0.717, 1.165) is 0 Å². The SMILES string of the molecule is O=C(NC[C@H](O)c1ccc(O)c(O)c1)N1CCOCC1. The molecule has 1 atom stereocenters. The number of hydrogen-bond donors (Lipinski definition) is 4. The molecule has 1 fully saturated rings. The fraction of sp³-hybridized carbons (Fsp3) is 0.462. The number of nitrogens with zero attached hydrogens (tertiary/aromatic N) is 1. The Morgan fingerprint density at radius 3 is 2.65 bits per heavy atom. The van der Waals surface area contributed by atoms with Crippen LogP contribution in [0.3, 0.4) is 0 Å². The number of hydrogen-bond acceptors (Lipinski definition) is 5. The van der Waals surface area contributed by atoms with Crippen LogP contribution in [0.2, 0.25) is 0 Å². The van der Waals surface area contributed by atoms with E-state index in [1.54, 1.807) is 4.90 Å². The molecule has 0 unspecified atom stereocenters. The monoisotopic (exact) mass is 282 g/mol. The van der Waals surface area contributed by atoms with Crippen molar-refractivity contribution in [3.05, 3.63) is 23.8 Å². The fourth-order valence-electron chi connectivity index (χ4n) is 1.93. The maximum Gasteiger partial charge on any atom is 0.317 e. The lowest BCUT2D eigenvalue weighted by atomic mass is 10.1. The third kappa shape index (κ3) is 3.52. The summed E-state index contributed by atoms with van der Waals surface area (Å²) >= 11 is 0. The highest BCUT2D eigenvalue weighted by Gasteiger charge is 2.18. The van der Waals surface area contributed by atoms with Gasteiger partial charge >= 0.3 is 6.03 Å². The first-order valence-electron chi connectivity index (χ1n) is 6.38. The minimum absolute atomic E-state index is 0.0282. The van der Waals surface area contributed by atoms with Gasteiger partial charge in [-0.05, 0) is 17.7 Å². The van der Waals surface area contributed by atoms with Crippen LogP contribution in [-0.4, -0.2) is 59.1 Å². The Balaban J connectivity index is 1.86. The number of benzene rings is 1. The second-order valence-corrected chi connectivity index (χ2v) is 4.55. The summed E-state index contributed by atoms with van der Waals surface area (Å²) in [5.41, 5.74) is 0.419. The van der Waals surface area contributed by atoms with E-state index in [1.165, 1.54) is 18.2 Å². The number of ether oxygens (including phenoxy) is 1. The number of phenolic OH excluding ortho intramolecular Hbond substituents is 2. The molecular weight excluding hydrogens is 264 g/mol. The van der Waals surface area contributed by atoms with Crippen LogP contribution in [0.4, 0.5) is 4.79 Å². The van der Waals surface area contributed by atoms with Crippen molar-refractivity contribution in [2.24, 2.45) is 0 Å². The quantitative estimate of drug-likeness (QED) is 0.592. The lowest BCUT2D eigenvalue weighted by Crippen LogP contribution is -2.47. The van der Waals surface area contributed by atoms with E-state index >= 15 is 0 Å². The van der Waals surface area contributed by atoms with Gasteiger partial charge < -0.3 is 30.3 Å². The summed E-state index contributed by atoms with van der Waals surface area (Å²) in [5, 5.41) is 31.1. The summed E-state index contributed by atoms with van der Waals surface area (Å²) in [4.78, 5) is 13.4. The van der Waals surface area contributed by atoms with E-state index in [9.17, 15) is 20.1 Å². The van der Waals surface area contributed by atoms with E-state index < -0.39 is 6.10 Å². The molecule has 1 aromatic rings. The molecule has 4 N–H and O–H groups in total.